The largest absolute Gasteiger partial charge is 0.493 e. The minimum absolute atomic E-state index is 0.228. The predicted molar refractivity (Wildman–Crippen MR) is 80.7 cm³/mol. The molecule has 1 heterocycles. The van der Waals surface area contributed by atoms with Crippen LogP contribution in [0.25, 0.3) is 0 Å². The van der Waals surface area contributed by atoms with Gasteiger partial charge in [0.1, 0.15) is 11.6 Å². The molecule has 1 aromatic carbocycles. The fourth-order valence-electron chi connectivity index (χ4n) is 2.08. The highest BCUT2D eigenvalue weighted by molar-refractivity contribution is 5.33. The van der Waals surface area contributed by atoms with E-state index in [4.69, 9.17) is 4.74 Å². The van der Waals surface area contributed by atoms with E-state index in [1.54, 1.807) is 18.6 Å². The molecule has 0 aliphatic rings. The number of benzene rings is 1. The molecule has 0 bridgehead atoms. The molecule has 0 atom stereocenters. The first-order valence-corrected chi connectivity index (χ1v) is 7.37. The third kappa shape index (κ3) is 5.19. The first kappa shape index (κ1) is 15.5. The second kappa shape index (κ2) is 8.42. The van der Waals surface area contributed by atoms with Crippen molar-refractivity contribution >= 4 is 0 Å². The maximum absolute atomic E-state index is 13.3. The van der Waals surface area contributed by atoms with Gasteiger partial charge in [0.05, 0.1) is 12.9 Å². The lowest BCUT2D eigenvalue weighted by Gasteiger charge is -2.12. The summed E-state index contributed by atoms with van der Waals surface area (Å²) in [6.07, 6.45) is 7.42. The Morgan fingerprint density at radius 1 is 1.38 bits per heavy atom. The lowest BCUT2D eigenvalue weighted by atomic mass is 10.2. The Hall–Kier alpha value is -1.88. The van der Waals surface area contributed by atoms with Crippen molar-refractivity contribution in [2.24, 2.45) is 0 Å². The van der Waals surface area contributed by atoms with E-state index in [9.17, 15) is 4.39 Å². The number of aryl methyl sites for hydroxylation is 1. The number of ether oxygens (including phenoxy) is 1. The topological polar surface area (TPSA) is 39.1 Å². The van der Waals surface area contributed by atoms with Gasteiger partial charge in [0.15, 0.2) is 0 Å². The van der Waals surface area contributed by atoms with Crippen molar-refractivity contribution in [2.75, 3.05) is 13.2 Å². The summed E-state index contributed by atoms with van der Waals surface area (Å²) < 4.78 is 21.1. The monoisotopic (exact) mass is 291 g/mol. The zero-order valence-electron chi connectivity index (χ0n) is 12.4. The third-order valence-corrected chi connectivity index (χ3v) is 3.14. The minimum Gasteiger partial charge on any atom is -0.493 e. The fourth-order valence-corrected chi connectivity index (χ4v) is 2.08. The van der Waals surface area contributed by atoms with Crippen LogP contribution in [0.2, 0.25) is 0 Å². The van der Waals surface area contributed by atoms with E-state index >= 15 is 0 Å². The number of rotatable bonds is 9. The Morgan fingerprint density at radius 2 is 2.29 bits per heavy atom. The lowest BCUT2D eigenvalue weighted by Crippen LogP contribution is -2.15. The van der Waals surface area contributed by atoms with Crippen LogP contribution in [0.1, 0.15) is 25.3 Å². The molecule has 2 rings (SSSR count). The molecular weight excluding hydrogens is 269 g/mol. The number of aromatic nitrogens is 2. The summed E-state index contributed by atoms with van der Waals surface area (Å²) >= 11 is 0. The number of hydrogen-bond acceptors (Lipinski definition) is 3. The fraction of sp³-hybridized carbons (Fsp3) is 0.438. The van der Waals surface area contributed by atoms with Gasteiger partial charge in [-0.05, 0) is 37.6 Å². The van der Waals surface area contributed by atoms with E-state index in [1.807, 2.05) is 10.8 Å². The van der Waals surface area contributed by atoms with Crippen molar-refractivity contribution in [1.82, 2.24) is 14.9 Å². The quantitative estimate of drug-likeness (QED) is 0.722. The lowest BCUT2D eigenvalue weighted by molar-refractivity contribution is 0.297. The van der Waals surface area contributed by atoms with Crippen molar-refractivity contribution in [3.8, 4) is 5.75 Å². The average Bonchev–Trinajstić information content (AvgIpc) is 2.99. The Balaban J connectivity index is 1.83. The van der Waals surface area contributed by atoms with Crippen LogP contribution in [0, 0.1) is 5.82 Å². The summed E-state index contributed by atoms with van der Waals surface area (Å²) in [5.41, 5.74) is 0.867. The van der Waals surface area contributed by atoms with E-state index in [0.29, 0.717) is 13.2 Å². The summed E-state index contributed by atoms with van der Waals surface area (Å²) in [5.74, 6) is 0.527. The molecule has 0 spiro atoms. The van der Waals surface area contributed by atoms with E-state index in [1.165, 1.54) is 12.1 Å². The molecule has 0 radical (unpaired) electrons. The molecule has 0 saturated carbocycles. The molecule has 4 nitrogen and oxygen atoms in total. The molecule has 114 valence electrons. The van der Waals surface area contributed by atoms with Crippen LogP contribution in [0.15, 0.2) is 36.9 Å². The van der Waals surface area contributed by atoms with E-state index in [2.05, 4.69) is 17.2 Å². The van der Waals surface area contributed by atoms with Crippen LogP contribution in [-0.2, 0) is 13.1 Å². The number of imidazole rings is 1. The van der Waals surface area contributed by atoms with Gasteiger partial charge in [-0.2, -0.15) is 0 Å². The van der Waals surface area contributed by atoms with Crippen LogP contribution in [0.4, 0.5) is 4.39 Å². The van der Waals surface area contributed by atoms with Crippen molar-refractivity contribution in [3.63, 3.8) is 0 Å². The zero-order chi connectivity index (χ0) is 14.9. The maximum Gasteiger partial charge on any atom is 0.123 e. The zero-order valence-corrected chi connectivity index (χ0v) is 12.4. The molecule has 2 aromatic rings. The van der Waals surface area contributed by atoms with Crippen molar-refractivity contribution in [1.29, 1.82) is 0 Å². The molecule has 1 aromatic heterocycles. The van der Waals surface area contributed by atoms with Crippen LogP contribution < -0.4 is 10.1 Å². The third-order valence-electron chi connectivity index (χ3n) is 3.14. The summed E-state index contributed by atoms with van der Waals surface area (Å²) in [5, 5.41) is 3.27. The maximum atomic E-state index is 13.3. The Bertz CT molecular complexity index is 528. The van der Waals surface area contributed by atoms with E-state index in [-0.39, 0.29) is 5.82 Å². The number of halogens is 1. The minimum atomic E-state index is -0.228. The molecule has 0 saturated heterocycles. The summed E-state index contributed by atoms with van der Waals surface area (Å²) in [6, 6.07) is 4.68. The number of nitrogens with zero attached hydrogens (tertiary/aromatic N) is 2. The molecule has 21 heavy (non-hydrogen) atoms. The van der Waals surface area contributed by atoms with Crippen molar-refractivity contribution in [3.05, 3.63) is 48.3 Å². The standard InChI is InChI=1S/C16H22FN3O/c1-2-6-18-12-14-11-15(17)4-5-16(14)21-10-3-8-20-9-7-19-13-20/h4-5,7,9,11,13,18H,2-3,6,8,10,12H2,1H3. The predicted octanol–water partition coefficient (Wildman–Crippen LogP) is 2.99. The normalized spacial score (nSPS) is 10.8. The highest BCUT2D eigenvalue weighted by Crippen LogP contribution is 2.20. The van der Waals surface area contributed by atoms with E-state index in [0.717, 1.165) is 37.2 Å². The van der Waals surface area contributed by atoms with Gasteiger partial charge in [-0.25, -0.2) is 9.37 Å². The average molecular weight is 291 g/mol. The first-order chi connectivity index (χ1) is 10.3. The summed E-state index contributed by atoms with van der Waals surface area (Å²) in [7, 11) is 0. The highest BCUT2D eigenvalue weighted by Gasteiger charge is 2.05. The molecular formula is C16H22FN3O. The van der Waals surface area contributed by atoms with E-state index < -0.39 is 0 Å². The van der Waals surface area contributed by atoms with Gasteiger partial charge < -0.3 is 14.6 Å². The van der Waals surface area contributed by atoms with Gasteiger partial charge in [-0.1, -0.05) is 6.92 Å². The van der Waals surface area contributed by atoms with Crippen LogP contribution in [-0.4, -0.2) is 22.7 Å². The Kier molecular flexibility index (Phi) is 6.22. The van der Waals surface area contributed by atoms with Gasteiger partial charge in [-0.15, -0.1) is 0 Å². The van der Waals surface area contributed by atoms with Gasteiger partial charge >= 0.3 is 0 Å². The molecule has 0 aliphatic heterocycles. The van der Waals surface area contributed by atoms with Gasteiger partial charge in [0, 0.05) is 31.0 Å². The summed E-state index contributed by atoms with van der Waals surface area (Å²) in [6.45, 7) is 5.11. The second-order valence-electron chi connectivity index (χ2n) is 4.93. The summed E-state index contributed by atoms with van der Waals surface area (Å²) in [4.78, 5) is 4.00. The molecule has 5 heteroatoms. The van der Waals surface area contributed by atoms with Crippen LogP contribution >= 0.6 is 0 Å². The molecule has 0 amide bonds. The number of hydrogen-bond donors (Lipinski definition) is 1. The SMILES string of the molecule is CCCNCc1cc(F)ccc1OCCCn1ccnc1. The van der Waals surface area contributed by atoms with Crippen molar-refractivity contribution < 1.29 is 9.13 Å². The van der Waals surface area contributed by atoms with Gasteiger partial charge in [0.25, 0.3) is 0 Å². The van der Waals surface area contributed by atoms with Gasteiger partial charge in [0.2, 0.25) is 0 Å². The molecule has 0 aliphatic carbocycles. The molecule has 0 fully saturated rings. The Morgan fingerprint density at radius 3 is 3.05 bits per heavy atom. The molecule has 1 N–H and O–H groups in total. The molecule has 0 unspecified atom stereocenters. The van der Waals surface area contributed by atoms with Gasteiger partial charge in [-0.3, -0.25) is 0 Å². The smallest absolute Gasteiger partial charge is 0.123 e. The second-order valence-corrected chi connectivity index (χ2v) is 4.93. The van der Waals surface area contributed by atoms with Crippen LogP contribution in [0.5, 0.6) is 5.75 Å². The highest BCUT2D eigenvalue weighted by atomic mass is 19.1. The Labute approximate surface area is 125 Å². The number of nitrogens with one attached hydrogen (secondary N) is 1. The van der Waals surface area contributed by atoms with Crippen LogP contribution in [0.3, 0.4) is 0 Å². The van der Waals surface area contributed by atoms with Crippen molar-refractivity contribution in [2.45, 2.75) is 32.9 Å². The first-order valence-electron chi connectivity index (χ1n) is 7.37.